The van der Waals surface area contributed by atoms with Gasteiger partial charge in [0.05, 0.1) is 22.0 Å². The Bertz CT molecular complexity index is 1490. The molecule has 220 valence electrons. The quantitative estimate of drug-likeness (QED) is 0.266. The van der Waals surface area contributed by atoms with Gasteiger partial charge in [-0.15, -0.1) is 0 Å². The van der Waals surface area contributed by atoms with E-state index in [4.69, 9.17) is 9.47 Å². The zero-order chi connectivity index (χ0) is 28.8. The normalized spacial score (nSPS) is 42.4. The number of ether oxygens (including phenoxy) is 2. The molecule has 4 heterocycles. The number of ketones is 2. The second-order valence-electron chi connectivity index (χ2n) is 13.5. The van der Waals surface area contributed by atoms with Crippen LogP contribution in [0, 0.1) is 0 Å². The number of Topliss-reactive ketones (excluding diaryl/α,β-unsaturated/α-hetero) is 2. The Morgan fingerprint density at radius 3 is 1.52 bits per heavy atom. The van der Waals surface area contributed by atoms with Gasteiger partial charge in [0.25, 0.3) is 0 Å². The molecule has 4 aliphatic heterocycles. The first kappa shape index (κ1) is 25.3. The molecule has 0 aromatic heterocycles. The number of aliphatic hydroxyl groups is 2. The number of hydrogen-bond donors (Lipinski definition) is 6. The molecular weight excluding hydrogens is 540 g/mol. The molecule has 8 atom stereocenters. The van der Waals surface area contributed by atoms with E-state index in [-0.39, 0.29) is 35.1 Å². The van der Waals surface area contributed by atoms with E-state index < -0.39 is 34.2 Å². The van der Waals surface area contributed by atoms with E-state index in [0.717, 1.165) is 35.3 Å². The molecule has 2 spiro atoms. The van der Waals surface area contributed by atoms with Crippen LogP contribution in [-0.4, -0.2) is 80.6 Å². The average molecular weight is 575 g/mol. The van der Waals surface area contributed by atoms with Crippen molar-refractivity contribution in [1.82, 2.24) is 10.6 Å². The van der Waals surface area contributed by atoms with Gasteiger partial charge in [0, 0.05) is 36.1 Å². The van der Waals surface area contributed by atoms with Gasteiger partial charge >= 0.3 is 0 Å². The number of rotatable bonds is 0. The number of phenols is 2. The first-order chi connectivity index (χ1) is 20.2. The molecule has 0 amide bonds. The lowest BCUT2D eigenvalue weighted by molar-refractivity contribution is -0.166. The molecule has 10 nitrogen and oxygen atoms in total. The number of aromatic hydroxyl groups is 2. The molecule has 10 heteroatoms. The van der Waals surface area contributed by atoms with Gasteiger partial charge in [-0.1, -0.05) is 12.1 Å². The summed E-state index contributed by atoms with van der Waals surface area (Å²) in [5, 5.41) is 50.0. The molecule has 4 aliphatic carbocycles. The van der Waals surface area contributed by atoms with Gasteiger partial charge in [-0.3, -0.25) is 9.59 Å². The van der Waals surface area contributed by atoms with Crippen LogP contribution in [0.5, 0.6) is 23.0 Å². The van der Waals surface area contributed by atoms with Gasteiger partial charge in [-0.05, 0) is 74.9 Å². The van der Waals surface area contributed by atoms with Crippen LogP contribution >= 0.6 is 0 Å². The van der Waals surface area contributed by atoms with Crippen LogP contribution in [0.4, 0.5) is 0 Å². The van der Waals surface area contributed by atoms with E-state index in [1.165, 1.54) is 0 Å². The van der Waals surface area contributed by atoms with Crippen LogP contribution < -0.4 is 20.1 Å². The number of carbonyl (C=O) groups is 2. The molecule has 2 aromatic carbocycles. The second kappa shape index (κ2) is 7.85. The molecule has 8 aliphatic rings. The van der Waals surface area contributed by atoms with Crippen molar-refractivity contribution in [3.8, 4) is 23.0 Å². The molecule has 4 fully saturated rings. The van der Waals surface area contributed by atoms with Crippen molar-refractivity contribution >= 4 is 11.6 Å². The number of piperidine rings is 2. The molecular formula is C32H34N2O8. The van der Waals surface area contributed by atoms with Crippen molar-refractivity contribution in [2.24, 2.45) is 0 Å². The molecule has 4 bridgehead atoms. The van der Waals surface area contributed by atoms with Gasteiger partial charge < -0.3 is 40.5 Å². The Hall–Kier alpha value is -3.18. The van der Waals surface area contributed by atoms with Crippen molar-refractivity contribution in [3.63, 3.8) is 0 Å². The highest BCUT2D eigenvalue weighted by Gasteiger charge is 2.73. The fourth-order valence-corrected chi connectivity index (χ4v) is 10.4. The highest BCUT2D eigenvalue weighted by Crippen LogP contribution is 2.65. The summed E-state index contributed by atoms with van der Waals surface area (Å²) >= 11 is 0. The van der Waals surface area contributed by atoms with Gasteiger partial charge in [0.15, 0.2) is 46.8 Å². The Morgan fingerprint density at radius 1 is 0.667 bits per heavy atom. The number of hydrogen-bond acceptors (Lipinski definition) is 10. The molecule has 2 saturated heterocycles. The number of carbonyl (C=O) groups excluding carboxylic acids is 2. The monoisotopic (exact) mass is 574 g/mol. The van der Waals surface area contributed by atoms with Gasteiger partial charge in [0.2, 0.25) is 0 Å². The van der Waals surface area contributed by atoms with Gasteiger partial charge in [0.1, 0.15) is 0 Å². The summed E-state index contributed by atoms with van der Waals surface area (Å²) in [5.41, 5.74) is 0.663. The van der Waals surface area contributed by atoms with E-state index in [1.807, 2.05) is 12.1 Å². The summed E-state index contributed by atoms with van der Waals surface area (Å²) in [6.45, 7) is 1.52. The standard InChI is InChI=1S/2C16H17NO4/c2*18-9-2-1-8-7-11-16(20)4-3-10(19)14-15(16,5-6-17-11)12(8)13(9)21-14/h2*1-2,11,14,17-18,20H,3-7H2/t2*11-,14+,15+,16-/m11/s1. The highest BCUT2D eigenvalue weighted by atomic mass is 16.5. The van der Waals surface area contributed by atoms with Gasteiger partial charge in [-0.2, -0.15) is 0 Å². The van der Waals surface area contributed by atoms with Crippen LogP contribution in [0.15, 0.2) is 24.3 Å². The van der Waals surface area contributed by atoms with E-state index in [1.54, 1.807) is 12.1 Å². The molecule has 2 aromatic rings. The topological polar surface area (TPSA) is 158 Å². The molecule has 10 rings (SSSR count). The Labute approximate surface area is 242 Å². The van der Waals surface area contributed by atoms with Crippen molar-refractivity contribution in [1.29, 1.82) is 0 Å². The maximum absolute atomic E-state index is 12.4. The van der Waals surface area contributed by atoms with Crippen LogP contribution in [0.2, 0.25) is 0 Å². The largest absolute Gasteiger partial charge is 0.504 e. The maximum atomic E-state index is 12.4. The first-order valence-corrected chi connectivity index (χ1v) is 15.2. The third kappa shape index (κ3) is 2.60. The number of benzene rings is 2. The molecule has 0 unspecified atom stereocenters. The predicted octanol–water partition coefficient (Wildman–Crippen LogP) is 0.806. The Balaban J connectivity index is 0.000000119. The lowest BCUT2D eigenvalue weighted by Crippen LogP contribution is -2.76. The average Bonchev–Trinajstić information content (AvgIpc) is 3.50. The fraction of sp³-hybridized carbons (Fsp3) is 0.562. The molecule has 0 radical (unpaired) electrons. The van der Waals surface area contributed by atoms with Gasteiger partial charge in [-0.25, -0.2) is 0 Å². The van der Waals surface area contributed by atoms with Crippen molar-refractivity contribution in [2.45, 2.75) is 97.7 Å². The van der Waals surface area contributed by atoms with Crippen LogP contribution in [0.3, 0.4) is 0 Å². The number of nitrogens with one attached hydrogen (secondary N) is 2. The molecule has 42 heavy (non-hydrogen) atoms. The number of phenolic OH excluding ortho intramolecular Hbond substituents is 2. The summed E-state index contributed by atoms with van der Waals surface area (Å²) in [6.07, 6.45) is 3.08. The predicted molar refractivity (Wildman–Crippen MR) is 147 cm³/mol. The first-order valence-electron chi connectivity index (χ1n) is 15.2. The second-order valence-corrected chi connectivity index (χ2v) is 13.5. The SMILES string of the molecule is O=C1CC[C@@]2(O)[C@H]3Cc4ccc(O)c5c4[C@@]2(CCN3)[C@H]1O5.O=C1CC[C@@]2(O)[C@H]3Cc4ccc(O)c5c4[C@@]2(CCN3)[C@H]1O5. The summed E-state index contributed by atoms with van der Waals surface area (Å²) in [7, 11) is 0. The zero-order valence-electron chi connectivity index (χ0n) is 23.1. The minimum absolute atomic E-state index is 0.0452. The van der Waals surface area contributed by atoms with Crippen LogP contribution in [-0.2, 0) is 33.3 Å². The Kier molecular flexibility index (Phi) is 4.73. The fourth-order valence-electron chi connectivity index (χ4n) is 10.4. The summed E-state index contributed by atoms with van der Waals surface area (Å²) in [6, 6.07) is 6.97. The van der Waals surface area contributed by atoms with Crippen LogP contribution in [0.25, 0.3) is 0 Å². The summed E-state index contributed by atoms with van der Waals surface area (Å²) in [4.78, 5) is 24.9. The Morgan fingerprint density at radius 2 is 1.10 bits per heavy atom. The van der Waals surface area contributed by atoms with E-state index in [0.29, 0.717) is 62.9 Å². The van der Waals surface area contributed by atoms with Crippen molar-refractivity contribution < 1.29 is 39.5 Å². The lowest BCUT2D eigenvalue weighted by Gasteiger charge is -2.59. The molecule has 6 N–H and O–H groups in total. The minimum atomic E-state index is -0.962. The maximum Gasteiger partial charge on any atom is 0.174 e. The van der Waals surface area contributed by atoms with E-state index >= 15 is 0 Å². The lowest BCUT2D eigenvalue weighted by atomic mass is 9.49. The van der Waals surface area contributed by atoms with E-state index in [2.05, 4.69) is 10.6 Å². The molecule has 2 saturated carbocycles. The summed E-state index contributed by atoms with van der Waals surface area (Å²) < 4.78 is 11.8. The van der Waals surface area contributed by atoms with Crippen LogP contribution in [0.1, 0.15) is 60.8 Å². The van der Waals surface area contributed by atoms with Crippen molar-refractivity contribution in [2.75, 3.05) is 13.1 Å². The highest BCUT2D eigenvalue weighted by molar-refractivity contribution is 5.91. The summed E-state index contributed by atoms with van der Waals surface area (Å²) in [5.74, 6) is 1.08. The van der Waals surface area contributed by atoms with Crippen molar-refractivity contribution in [3.05, 3.63) is 46.5 Å². The van der Waals surface area contributed by atoms with E-state index in [9.17, 15) is 30.0 Å². The third-order valence-electron chi connectivity index (χ3n) is 12.2. The third-order valence-corrected chi connectivity index (χ3v) is 12.2. The smallest absolute Gasteiger partial charge is 0.174 e. The minimum Gasteiger partial charge on any atom is -0.504 e. The zero-order valence-corrected chi connectivity index (χ0v) is 23.1.